The van der Waals surface area contributed by atoms with Crippen LogP contribution in [0.3, 0.4) is 0 Å². The smallest absolute Gasteiger partial charge is 0.249 e. The highest BCUT2D eigenvalue weighted by atomic mass is 35.5. The number of ether oxygens (including phenoxy) is 2. The van der Waals surface area contributed by atoms with Gasteiger partial charge in [0, 0.05) is 11.6 Å². The molecule has 0 spiro atoms. The van der Waals surface area contributed by atoms with Crippen molar-refractivity contribution in [3.63, 3.8) is 0 Å². The number of para-hydroxylation sites is 1. The Bertz CT molecular complexity index is 824. The molecule has 0 aromatic heterocycles. The number of nitrogens with zero attached hydrogens (tertiary/aromatic N) is 1. The number of hydrogen-bond donors (Lipinski definition) is 2. The molecule has 136 valence electrons. The van der Waals surface area contributed by atoms with Crippen LogP contribution in [0.15, 0.2) is 47.6 Å². The lowest BCUT2D eigenvalue weighted by atomic mass is 10.2. The van der Waals surface area contributed by atoms with Crippen molar-refractivity contribution in [1.29, 1.82) is 0 Å². The normalized spacial score (nSPS) is 10.4. The first kappa shape index (κ1) is 19.3. The van der Waals surface area contributed by atoms with Crippen molar-refractivity contribution in [3.8, 4) is 11.5 Å². The molecule has 26 heavy (non-hydrogen) atoms. The molecule has 0 saturated carbocycles. The van der Waals surface area contributed by atoms with Gasteiger partial charge in [-0.05, 0) is 24.3 Å². The molecule has 2 aromatic rings. The Morgan fingerprint density at radius 3 is 2.58 bits per heavy atom. The largest absolute Gasteiger partial charge is 0.497 e. The zero-order valence-electron chi connectivity index (χ0n) is 14.3. The van der Waals surface area contributed by atoms with Gasteiger partial charge in [-0.15, -0.1) is 0 Å². The van der Waals surface area contributed by atoms with Crippen LogP contribution in [0.4, 0.5) is 5.69 Å². The van der Waals surface area contributed by atoms with Gasteiger partial charge in [-0.3, -0.25) is 9.59 Å². The number of hydrogen-bond acceptors (Lipinski definition) is 5. The Morgan fingerprint density at radius 1 is 1.12 bits per heavy atom. The molecule has 0 bridgehead atoms. The van der Waals surface area contributed by atoms with E-state index >= 15 is 0 Å². The molecule has 0 fully saturated rings. The highest BCUT2D eigenvalue weighted by molar-refractivity contribution is 6.33. The van der Waals surface area contributed by atoms with Crippen LogP contribution in [0.2, 0.25) is 5.02 Å². The minimum atomic E-state index is -0.557. The van der Waals surface area contributed by atoms with Crippen LogP contribution in [0.25, 0.3) is 0 Å². The predicted octanol–water partition coefficient (Wildman–Crippen LogP) is 2.84. The van der Waals surface area contributed by atoms with Crippen molar-refractivity contribution in [2.45, 2.75) is 6.42 Å². The molecule has 0 aliphatic rings. The predicted molar refractivity (Wildman–Crippen MR) is 100.0 cm³/mol. The minimum absolute atomic E-state index is 0.387. The highest BCUT2D eigenvalue weighted by Gasteiger charge is 2.10. The molecular weight excluding hydrogens is 358 g/mol. The summed E-state index contributed by atoms with van der Waals surface area (Å²) in [4.78, 5) is 23.7. The summed E-state index contributed by atoms with van der Waals surface area (Å²) in [5.41, 5.74) is 3.38. The van der Waals surface area contributed by atoms with Gasteiger partial charge in [-0.1, -0.05) is 23.7 Å². The standard InChI is InChI=1S/C18H18ClN3O4/c1-25-13-8-7-12(16(9-13)26-2)11-20-22-18(24)10-17(23)21-15-6-4-3-5-14(15)19/h3-9,11H,10H2,1-2H3,(H,21,23)(H,22,24). The molecule has 0 unspecified atom stereocenters. The topological polar surface area (TPSA) is 89.0 Å². The van der Waals surface area contributed by atoms with Gasteiger partial charge < -0.3 is 14.8 Å². The lowest BCUT2D eigenvalue weighted by molar-refractivity contribution is -0.126. The molecule has 2 amide bonds. The van der Waals surface area contributed by atoms with E-state index in [9.17, 15) is 9.59 Å². The highest BCUT2D eigenvalue weighted by Crippen LogP contribution is 2.23. The fourth-order valence-electron chi connectivity index (χ4n) is 2.04. The fraction of sp³-hybridized carbons (Fsp3) is 0.167. The van der Waals surface area contributed by atoms with Gasteiger partial charge >= 0.3 is 0 Å². The average Bonchev–Trinajstić information content (AvgIpc) is 2.63. The number of amides is 2. The summed E-state index contributed by atoms with van der Waals surface area (Å²) in [6.45, 7) is 0. The maximum Gasteiger partial charge on any atom is 0.249 e. The van der Waals surface area contributed by atoms with E-state index in [1.165, 1.54) is 13.3 Å². The molecule has 7 nitrogen and oxygen atoms in total. The van der Waals surface area contributed by atoms with Crippen molar-refractivity contribution in [2.75, 3.05) is 19.5 Å². The van der Waals surface area contributed by atoms with E-state index in [4.69, 9.17) is 21.1 Å². The van der Waals surface area contributed by atoms with Crippen molar-refractivity contribution in [2.24, 2.45) is 5.10 Å². The van der Waals surface area contributed by atoms with E-state index in [0.29, 0.717) is 27.8 Å². The number of methoxy groups -OCH3 is 2. The van der Waals surface area contributed by atoms with Gasteiger partial charge in [0.15, 0.2) is 0 Å². The Kier molecular flexibility index (Phi) is 6.99. The first-order valence-electron chi connectivity index (χ1n) is 7.61. The Labute approximate surface area is 155 Å². The lowest BCUT2D eigenvalue weighted by Crippen LogP contribution is -2.24. The molecule has 0 saturated heterocycles. The van der Waals surface area contributed by atoms with E-state index < -0.39 is 11.8 Å². The fourth-order valence-corrected chi connectivity index (χ4v) is 2.22. The number of anilines is 1. The van der Waals surface area contributed by atoms with E-state index in [1.54, 1.807) is 49.6 Å². The Hall–Kier alpha value is -3.06. The molecule has 2 aromatic carbocycles. The van der Waals surface area contributed by atoms with Crippen molar-refractivity contribution < 1.29 is 19.1 Å². The summed E-state index contributed by atoms with van der Waals surface area (Å²) < 4.78 is 10.3. The minimum Gasteiger partial charge on any atom is -0.497 e. The van der Waals surface area contributed by atoms with Crippen LogP contribution in [0.5, 0.6) is 11.5 Å². The molecule has 0 aliphatic carbocycles. The summed E-state index contributed by atoms with van der Waals surface area (Å²) >= 11 is 5.95. The molecule has 8 heteroatoms. The molecule has 0 radical (unpaired) electrons. The van der Waals surface area contributed by atoms with Gasteiger partial charge in [-0.2, -0.15) is 5.10 Å². The van der Waals surface area contributed by atoms with Crippen LogP contribution in [0.1, 0.15) is 12.0 Å². The van der Waals surface area contributed by atoms with E-state index in [0.717, 1.165) is 0 Å². The van der Waals surface area contributed by atoms with Crippen molar-refractivity contribution in [3.05, 3.63) is 53.1 Å². The zero-order valence-corrected chi connectivity index (χ0v) is 15.0. The molecular formula is C18H18ClN3O4. The van der Waals surface area contributed by atoms with Gasteiger partial charge in [0.1, 0.15) is 17.9 Å². The molecule has 0 heterocycles. The number of nitrogens with one attached hydrogen (secondary N) is 2. The van der Waals surface area contributed by atoms with Crippen molar-refractivity contribution in [1.82, 2.24) is 5.43 Å². The number of benzene rings is 2. The summed E-state index contributed by atoms with van der Waals surface area (Å²) in [5, 5.41) is 6.79. The third kappa shape index (κ3) is 5.49. The van der Waals surface area contributed by atoms with Gasteiger partial charge in [0.2, 0.25) is 11.8 Å². The maximum atomic E-state index is 11.9. The maximum absolute atomic E-state index is 11.9. The van der Waals surface area contributed by atoms with Crippen LogP contribution in [-0.2, 0) is 9.59 Å². The molecule has 0 atom stereocenters. The number of carbonyl (C=O) groups excluding carboxylic acids is 2. The number of rotatable bonds is 7. The Balaban J connectivity index is 1.89. The summed E-state index contributed by atoms with van der Waals surface area (Å²) in [6, 6.07) is 11.9. The monoisotopic (exact) mass is 375 g/mol. The third-order valence-electron chi connectivity index (χ3n) is 3.30. The Morgan fingerprint density at radius 2 is 1.88 bits per heavy atom. The molecule has 2 N–H and O–H groups in total. The quantitative estimate of drug-likeness (QED) is 0.442. The lowest BCUT2D eigenvalue weighted by Gasteiger charge is -2.07. The van der Waals surface area contributed by atoms with Crippen LogP contribution >= 0.6 is 11.6 Å². The van der Waals surface area contributed by atoms with Gasteiger partial charge in [-0.25, -0.2) is 5.43 Å². The third-order valence-corrected chi connectivity index (χ3v) is 3.63. The number of carbonyl (C=O) groups is 2. The first-order chi connectivity index (χ1) is 12.5. The molecule has 0 aliphatic heterocycles. The van der Waals surface area contributed by atoms with Crippen LogP contribution < -0.4 is 20.2 Å². The second-order valence-electron chi connectivity index (χ2n) is 5.11. The first-order valence-corrected chi connectivity index (χ1v) is 7.99. The van der Waals surface area contributed by atoms with Gasteiger partial charge in [0.05, 0.1) is 31.1 Å². The van der Waals surface area contributed by atoms with Crippen molar-refractivity contribution >= 4 is 35.3 Å². The summed E-state index contributed by atoms with van der Waals surface area (Å²) in [7, 11) is 3.07. The van der Waals surface area contributed by atoms with E-state index in [2.05, 4.69) is 15.8 Å². The molecule has 2 rings (SSSR count). The van der Waals surface area contributed by atoms with Gasteiger partial charge in [0.25, 0.3) is 0 Å². The number of halogens is 1. The summed E-state index contributed by atoms with van der Waals surface area (Å²) in [5.74, 6) is 0.129. The van der Waals surface area contributed by atoms with Crippen LogP contribution in [0, 0.1) is 0 Å². The average molecular weight is 376 g/mol. The van der Waals surface area contributed by atoms with Crippen LogP contribution in [-0.4, -0.2) is 32.2 Å². The zero-order chi connectivity index (χ0) is 18.9. The van der Waals surface area contributed by atoms with E-state index in [-0.39, 0.29) is 6.42 Å². The number of hydrazone groups is 1. The SMILES string of the molecule is COc1ccc(C=NNC(=O)CC(=O)Nc2ccccc2Cl)c(OC)c1. The summed E-state index contributed by atoms with van der Waals surface area (Å²) in [6.07, 6.45) is 1.03. The second kappa shape index (κ2) is 9.43. The second-order valence-corrected chi connectivity index (χ2v) is 5.51. The van der Waals surface area contributed by atoms with E-state index in [1.807, 2.05) is 0 Å².